The van der Waals surface area contributed by atoms with Gasteiger partial charge in [0.15, 0.2) is 0 Å². The Balaban J connectivity index is 1.53. The van der Waals surface area contributed by atoms with Gasteiger partial charge >= 0.3 is 6.09 Å². The number of hydrogen-bond donors (Lipinski definition) is 3. The van der Waals surface area contributed by atoms with E-state index in [9.17, 15) is 4.79 Å². The van der Waals surface area contributed by atoms with Gasteiger partial charge in [0.25, 0.3) is 0 Å². The molecule has 0 spiro atoms. The molecule has 1 aromatic heterocycles. The number of aromatic nitrogens is 2. The molecule has 4 N–H and O–H groups in total. The Morgan fingerprint density at radius 3 is 2.47 bits per heavy atom. The quantitative estimate of drug-likeness (QED) is 0.615. The molecular weight excluding hydrogens is 406 g/mol. The van der Waals surface area contributed by atoms with Crippen molar-refractivity contribution in [3.63, 3.8) is 0 Å². The lowest BCUT2D eigenvalue weighted by molar-refractivity contribution is 0.0492. The summed E-state index contributed by atoms with van der Waals surface area (Å²) in [6.45, 7) is 7.64. The minimum absolute atomic E-state index is 0.126. The Morgan fingerprint density at radius 2 is 1.84 bits per heavy atom. The van der Waals surface area contributed by atoms with E-state index in [0.717, 1.165) is 48.1 Å². The third-order valence-electron chi connectivity index (χ3n) is 5.50. The fraction of sp³-hybridized carbons (Fsp3) is 0.542. The van der Waals surface area contributed by atoms with E-state index in [1.807, 2.05) is 39.8 Å². The van der Waals surface area contributed by atoms with Crippen LogP contribution < -0.4 is 21.1 Å². The van der Waals surface area contributed by atoms with Crippen molar-refractivity contribution in [2.45, 2.75) is 77.5 Å². The maximum Gasteiger partial charge on any atom is 0.407 e. The second kappa shape index (κ2) is 10.1. The monoisotopic (exact) mass is 441 g/mol. The van der Waals surface area contributed by atoms with Crippen LogP contribution in [0.2, 0.25) is 0 Å². The number of benzene rings is 1. The number of nitrogen functional groups attached to an aromatic ring is 1. The van der Waals surface area contributed by atoms with Crippen LogP contribution in [0.25, 0.3) is 0 Å². The average molecular weight is 442 g/mol. The predicted molar refractivity (Wildman–Crippen MR) is 126 cm³/mol. The summed E-state index contributed by atoms with van der Waals surface area (Å²) in [5.41, 5.74) is 8.83. The molecule has 8 nitrogen and oxygen atoms in total. The lowest BCUT2D eigenvalue weighted by Gasteiger charge is -2.30. The summed E-state index contributed by atoms with van der Waals surface area (Å²) >= 11 is 0. The number of amides is 1. The number of anilines is 2. The van der Waals surface area contributed by atoms with E-state index in [1.54, 1.807) is 13.3 Å². The van der Waals surface area contributed by atoms with E-state index in [-0.39, 0.29) is 18.2 Å². The third kappa shape index (κ3) is 6.73. The van der Waals surface area contributed by atoms with Crippen molar-refractivity contribution in [2.75, 3.05) is 18.2 Å². The highest BCUT2D eigenvalue weighted by molar-refractivity contribution is 5.68. The first-order valence-electron chi connectivity index (χ1n) is 11.1. The number of carbonyl (C=O) groups excluding carboxylic acids is 1. The van der Waals surface area contributed by atoms with Crippen molar-refractivity contribution in [1.29, 1.82) is 0 Å². The van der Waals surface area contributed by atoms with Gasteiger partial charge < -0.3 is 25.8 Å². The van der Waals surface area contributed by atoms with Crippen LogP contribution in [-0.4, -0.2) is 40.9 Å². The van der Waals surface area contributed by atoms with Crippen LogP contribution in [0, 0.1) is 6.92 Å². The van der Waals surface area contributed by atoms with Gasteiger partial charge in [-0.3, -0.25) is 0 Å². The summed E-state index contributed by atoms with van der Waals surface area (Å²) in [5, 5.41) is 6.35. The molecule has 2 aromatic rings. The molecule has 1 aromatic carbocycles. The first-order chi connectivity index (χ1) is 15.1. The number of alkyl carbamates (subject to hydrolysis) is 1. The second-order valence-corrected chi connectivity index (χ2v) is 9.44. The maximum absolute atomic E-state index is 12.0. The van der Waals surface area contributed by atoms with E-state index in [0.29, 0.717) is 18.2 Å². The molecule has 1 heterocycles. The van der Waals surface area contributed by atoms with E-state index in [2.05, 4.69) is 26.7 Å². The van der Waals surface area contributed by atoms with Crippen molar-refractivity contribution in [1.82, 2.24) is 15.3 Å². The number of ether oxygens (including phenoxy) is 2. The highest BCUT2D eigenvalue weighted by atomic mass is 16.6. The van der Waals surface area contributed by atoms with Gasteiger partial charge in [0.1, 0.15) is 17.2 Å². The Morgan fingerprint density at radius 1 is 1.16 bits per heavy atom. The van der Waals surface area contributed by atoms with Gasteiger partial charge in [0.2, 0.25) is 5.95 Å². The van der Waals surface area contributed by atoms with Crippen LogP contribution in [0.4, 0.5) is 16.6 Å². The highest BCUT2D eigenvalue weighted by Gasteiger charge is 2.25. The average Bonchev–Trinajstić information content (AvgIpc) is 2.70. The minimum Gasteiger partial charge on any atom is -0.496 e. The van der Waals surface area contributed by atoms with Crippen LogP contribution >= 0.6 is 0 Å². The molecule has 0 radical (unpaired) electrons. The van der Waals surface area contributed by atoms with Crippen molar-refractivity contribution in [2.24, 2.45) is 0 Å². The van der Waals surface area contributed by atoms with Gasteiger partial charge in [-0.05, 0) is 65.0 Å². The van der Waals surface area contributed by atoms with Crippen LogP contribution in [0.3, 0.4) is 0 Å². The molecular formula is C24H35N5O3. The van der Waals surface area contributed by atoms with Gasteiger partial charge in [0, 0.05) is 30.3 Å². The summed E-state index contributed by atoms with van der Waals surface area (Å²) < 4.78 is 10.8. The minimum atomic E-state index is -0.489. The predicted octanol–water partition coefficient (Wildman–Crippen LogP) is 4.21. The van der Waals surface area contributed by atoms with Crippen molar-refractivity contribution in [3.05, 3.63) is 41.1 Å². The van der Waals surface area contributed by atoms with Crippen LogP contribution in [0.5, 0.6) is 5.75 Å². The number of carbonyl (C=O) groups is 1. The normalized spacial score (nSPS) is 18.7. The van der Waals surface area contributed by atoms with E-state index < -0.39 is 5.60 Å². The Bertz CT molecular complexity index is 934. The molecule has 8 heteroatoms. The maximum atomic E-state index is 12.0. The lowest BCUT2D eigenvalue weighted by atomic mass is 9.91. The molecule has 1 fully saturated rings. The van der Waals surface area contributed by atoms with Gasteiger partial charge in [-0.15, -0.1) is 0 Å². The molecule has 3 rings (SSSR count). The summed E-state index contributed by atoms with van der Waals surface area (Å²) in [5.74, 6) is 1.83. The highest BCUT2D eigenvalue weighted by Crippen LogP contribution is 2.26. The second-order valence-electron chi connectivity index (χ2n) is 9.44. The zero-order valence-electron chi connectivity index (χ0n) is 19.7. The Hall–Kier alpha value is -3.03. The SMILES string of the molecule is COc1ccc(C)cc1Cc1cnc(NC2CCC(NC(=O)OC(C)(C)C)CC2)nc1N. The smallest absolute Gasteiger partial charge is 0.407 e. The number of nitrogens with zero attached hydrogens (tertiary/aromatic N) is 2. The molecule has 1 saturated carbocycles. The summed E-state index contributed by atoms with van der Waals surface area (Å²) in [6.07, 6.45) is 5.60. The molecule has 1 amide bonds. The van der Waals surface area contributed by atoms with Crippen LogP contribution in [0.1, 0.15) is 63.1 Å². The fourth-order valence-electron chi connectivity index (χ4n) is 3.92. The van der Waals surface area contributed by atoms with Crippen LogP contribution in [0.15, 0.2) is 24.4 Å². The third-order valence-corrected chi connectivity index (χ3v) is 5.50. The Kier molecular flexibility index (Phi) is 7.43. The number of aryl methyl sites for hydroxylation is 1. The van der Waals surface area contributed by atoms with Gasteiger partial charge in [-0.2, -0.15) is 4.98 Å². The molecule has 1 aliphatic carbocycles. The molecule has 0 unspecified atom stereocenters. The van der Waals surface area contributed by atoms with Crippen molar-refractivity contribution in [3.8, 4) is 5.75 Å². The van der Waals surface area contributed by atoms with E-state index in [1.165, 1.54) is 0 Å². The lowest BCUT2D eigenvalue weighted by Crippen LogP contribution is -2.42. The molecule has 0 saturated heterocycles. The van der Waals surface area contributed by atoms with E-state index in [4.69, 9.17) is 15.2 Å². The zero-order chi connectivity index (χ0) is 23.3. The van der Waals surface area contributed by atoms with Gasteiger partial charge in [-0.25, -0.2) is 9.78 Å². The van der Waals surface area contributed by atoms with Crippen LogP contribution in [-0.2, 0) is 11.2 Å². The molecule has 0 atom stereocenters. The summed E-state index contributed by atoms with van der Waals surface area (Å²) in [7, 11) is 1.67. The molecule has 0 bridgehead atoms. The zero-order valence-corrected chi connectivity index (χ0v) is 19.7. The number of hydrogen-bond acceptors (Lipinski definition) is 7. The Labute approximate surface area is 190 Å². The fourth-order valence-corrected chi connectivity index (χ4v) is 3.92. The largest absolute Gasteiger partial charge is 0.496 e. The molecule has 1 aliphatic rings. The number of nitrogens with two attached hydrogens (primary N) is 1. The first kappa shape index (κ1) is 23.6. The molecule has 0 aliphatic heterocycles. The van der Waals surface area contributed by atoms with Crippen molar-refractivity contribution < 1.29 is 14.3 Å². The number of methoxy groups -OCH3 is 1. The summed E-state index contributed by atoms with van der Waals surface area (Å²) in [4.78, 5) is 20.9. The molecule has 174 valence electrons. The number of nitrogens with one attached hydrogen (secondary N) is 2. The van der Waals surface area contributed by atoms with Crippen molar-refractivity contribution >= 4 is 17.9 Å². The molecule has 32 heavy (non-hydrogen) atoms. The number of rotatable bonds is 6. The van der Waals surface area contributed by atoms with Gasteiger partial charge in [-0.1, -0.05) is 17.7 Å². The topological polar surface area (TPSA) is 111 Å². The van der Waals surface area contributed by atoms with Gasteiger partial charge in [0.05, 0.1) is 7.11 Å². The summed E-state index contributed by atoms with van der Waals surface area (Å²) in [6, 6.07) is 6.45. The standard InChI is InChI=1S/C24H35N5O3/c1-15-6-11-20(31-5)16(12-15)13-17-14-26-22(29-21(17)25)27-18-7-9-19(10-8-18)28-23(30)32-24(2,3)4/h6,11-12,14,18-19H,7-10,13H2,1-5H3,(H,28,30)(H3,25,26,27,29). The van der Waals surface area contributed by atoms with E-state index >= 15 is 0 Å². The first-order valence-corrected chi connectivity index (χ1v) is 11.1.